The van der Waals surface area contributed by atoms with E-state index in [1.54, 1.807) is 50.2 Å². The van der Waals surface area contributed by atoms with Crippen LogP contribution in [0.15, 0.2) is 53.4 Å². The fourth-order valence-corrected chi connectivity index (χ4v) is 4.93. The molecule has 0 aliphatic carbocycles. The van der Waals surface area contributed by atoms with Crippen LogP contribution in [0.5, 0.6) is 5.75 Å². The molecule has 2 N–H and O–H groups in total. The Morgan fingerprint density at radius 2 is 1.31 bits per heavy atom. The third-order valence-electron chi connectivity index (χ3n) is 4.40. The van der Waals surface area contributed by atoms with Crippen molar-refractivity contribution in [2.75, 3.05) is 41.8 Å². The quantitative estimate of drug-likeness (QED) is 0.483. The molecule has 0 bridgehead atoms. The van der Waals surface area contributed by atoms with E-state index in [4.69, 9.17) is 4.74 Å². The van der Waals surface area contributed by atoms with Crippen LogP contribution in [0.25, 0.3) is 0 Å². The van der Waals surface area contributed by atoms with E-state index in [0.29, 0.717) is 31.1 Å². The predicted molar refractivity (Wildman–Crippen MR) is 129 cm³/mol. The van der Waals surface area contributed by atoms with Crippen LogP contribution in [-0.4, -0.2) is 55.7 Å². The Hall–Kier alpha value is -2.56. The summed E-state index contributed by atoms with van der Waals surface area (Å²) in [6.45, 7) is 6.82. The Labute approximate surface area is 193 Å². The zero-order chi connectivity index (χ0) is 23.6. The number of amides is 2. The van der Waals surface area contributed by atoms with Crippen LogP contribution in [0.2, 0.25) is 0 Å². The van der Waals surface area contributed by atoms with Crippen molar-refractivity contribution in [1.29, 1.82) is 0 Å². The number of sulfonamides is 1. The summed E-state index contributed by atoms with van der Waals surface area (Å²) in [6.07, 6.45) is 0. The van der Waals surface area contributed by atoms with E-state index in [9.17, 15) is 18.0 Å². The standard InChI is InChI=1S/C22H29N3O5S2/c1-4-25(5-2)32(28,29)20-13-9-18(10-14-20)24-22(27)16-31-15-21(26)23-17-7-11-19(12-8-17)30-6-3/h7-14H,4-6,15-16H2,1-3H3,(H,23,26)(H,24,27). The molecule has 2 aromatic rings. The molecule has 0 unspecified atom stereocenters. The molecule has 0 spiro atoms. The van der Waals surface area contributed by atoms with Gasteiger partial charge in [-0.2, -0.15) is 4.31 Å². The average molecular weight is 480 g/mol. The van der Waals surface area contributed by atoms with Crippen LogP contribution in [0.1, 0.15) is 20.8 Å². The van der Waals surface area contributed by atoms with Gasteiger partial charge in [-0.05, 0) is 55.5 Å². The lowest BCUT2D eigenvalue weighted by atomic mass is 10.3. The van der Waals surface area contributed by atoms with Gasteiger partial charge in [-0.15, -0.1) is 11.8 Å². The minimum absolute atomic E-state index is 0.0934. The fourth-order valence-electron chi connectivity index (χ4n) is 2.85. The van der Waals surface area contributed by atoms with Crippen molar-refractivity contribution in [2.45, 2.75) is 25.7 Å². The lowest BCUT2D eigenvalue weighted by Gasteiger charge is -2.18. The molecular weight excluding hydrogens is 450 g/mol. The van der Waals surface area contributed by atoms with Crippen molar-refractivity contribution < 1.29 is 22.7 Å². The highest BCUT2D eigenvalue weighted by molar-refractivity contribution is 8.00. The summed E-state index contributed by atoms with van der Waals surface area (Å²) in [5.41, 5.74) is 1.15. The van der Waals surface area contributed by atoms with Gasteiger partial charge in [0.2, 0.25) is 21.8 Å². The van der Waals surface area contributed by atoms with Crippen molar-refractivity contribution >= 4 is 45.0 Å². The predicted octanol–water partition coefficient (Wildman–Crippen LogP) is 3.43. The third-order valence-corrected chi connectivity index (χ3v) is 7.39. The second-order valence-corrected chi connectivity index (χ2v) is 9.58. The Balaban J connectivity index is 1.78. The minimum Gasteiger partial charge on any atom is -0.494 e. The monoisotopic (exact) mass is 479 g/mol. The number of carbonyl (C=O) groups excluding carboxylic acids is 2. The second kappa shape index (κ2) is 12.5. The molecule has 0 aliphatic heterocycles. The summed E-state index contributed by atoms with van der Waals surface area (Å²) in [6, 6.07) is 13.1. The van der Waals surface area contributed by atoms with Crippen LogP contribution in [0, 0.1) is 0 Å². The number of carbonyl (C=O) groups is 2. The van der Waals surface area contributed by atoms with Crippen molar-refractivity contribution in [3.63, 3.8) is 0 Å². The van der Waals surface area contributed by atoms with Gasteiger partial charge in [0.25, 0.3) is 0 Å². The van der Waals surface area contributed by atoms with Gasteiger partial charge in [0, 0.05) is 24.5 Å². The number of anilines is 2. The summed E-state index contributed by atoms with van der Waals surface area (Å²) >= 11 is 1.19. The Kier molecular flexibility index (Phi) is 10.0. The largest absolute Gasteiger partial charge is 0.494 e. The summed E-state index contributed by atoms with van der Waals surface area (Å²) in [4.78, 5) is 24.4. The molecule has 0 saturated carbocycles. The lowest BCUT2D eigenvalue weighted by Crippen LogP contribution is -2.30. The van der Waals surface area contributed by atoms with E-state index in [2.05, 4.69) is 10.6 Å². The number of rotatable bonds is 12. The molecule has 0 saturated heterocycles. The van der Waals surface area contributed by atoms with Gasteiger partial charge in [0.15, 0.2) is 0 Å². The highest BCUT2D eigenvalue weighted by Gasteiger charge is 2.21. The van der Waals surface area contributed by atoms with Crippen molar-refractivity contribution in [3.8, 4) is 5.75 Å². The number of nitrogens with zero attached hydrogens (tertiary/aromatic N) is 1. The minimum atomic E-state index is -3.54. The van der Waals surface area contributed by atoms with Crippen LogP contribution >= 0.6 is 11.8 Å². The molecule has 10 heteroatoms. The van der Waals surface area contributed by atoms with Crippen molar-refractivity contribution in [3.05, 3.63) is 48.5 Å². The zero-order valence-corrected chi connectivity index (χ0v) is 20.1. The van der Waals surface area contributed by atoms with Gasteiger partial charge in [-0.1, -0.05) is 13.8 Å². The fraction of sp³-hybridized carbons (Fsp3) is 0.364. The van der Waals surface area contributed by atoms with E-state index >= 15 is 0 Å². The normalized spacial score (nSPS) is 11.2. The van der Waals surface area contributed by atoms with Gasteiger partial charge < -0.3 is 15.4 Å². The molecule has 32 heavy (non-hydrogen) atoms. The first-order valence-electron chi connectivity index (χ1n) is 10.3. The molecule has 2 rings (SSSR count). The smallest absolute Gasteiger partial charge is 0.243 e. The molecule has 2 aromatic carbocycles. The average Bonchev–Trinajstić information content (AvgIpc) is 2.76. The van der Waals surface area contributed by atoms with Crippen molar-refractivity contribution in [2.24, 2.45) is 0 Å². The van der Waals surface area contributed by atoms with Crippen LogP contribution in [0.3, 0.4) is 0 Å². The summed E-state index contributed by atoms with van der Waals surface area (Å²) < 4.78 is 31.7. The van der Waals surface area contributed by atoms with E-state index in [1.807, 2.05) is 6.92 Å². The van der Waals surface area contributed by atoms with Gasteiger partial charge >= 0.3 is 0 Å². The second-order valence-electron chi connectivity index (χ2n) is 6.66. The third kappa shape index (κ3) is 7.54. The van der Waals surface area contributed by atoms with Crippen LogP contribution < -0.4 is 15.4 Å². The molecular formula is C22H29N3O5S2. The summed E-state index contributed by atoms with van der Waals surface area (Å²) in [7, 11) is -3.54. The maximum atomic E-state index is 12.5. The number of thioether (sulfide) groups is 1. The number of nitrogens with one attached hydrogen (secondary N) is 2. The molecule has 0 fully saturated rings. The van der Waals surface area contributed by atoms with Crippen molar-refractivity contribution in [1.82, 2.24) is 4.31 Å². The maximum absolute atomic E-state index is 12.5. The van der Waals surface area contributed by atoms with Crippen LogP contribution in [-0.2, 0) is 19.6 Å². The van der Waals surface area contributed by atoms with E-state index < -0.39 is 10.0 Å². The lowest BCUT2D eigenvalue weighted by molar-refractivity contribution is -0.114. The van der Waals surface area contributed by atoms with Gasteiger partial charge in [0.1, 0.15) is 5.75 Å². The molecule has 8 nitrogen and oxygen atoms in total. The summed E-state index contributed by atoms with van der Waals surface area (Å²) in [5, 5.41) is 5.47. The number of hydrogen-bond donors (Lipinski definition) is 2. The van der Waals surface area contributed by atoms with Crippen LogP contribution in [0.4, 0.5) is 11.4 Å². The molecule has 0 radical (unpaired) electrons. The Morgan fingerprint density at radius 1 is 0.844 bits per heavy atom. The maximum Gasteiger partial charge on any atom is 0.243 e. The number of ether oxygens (including phenoxy) is 1. The van der Waals surface area contributed by atoms with Gasteiger partial charge in [-0.3, -0.25) is 9.59 Å². The summed E-state index contributed by atoms with van der Waals surface area (Å²) in [5.74, 6) is 0.467. The van der Waals surface area contributed by atoms with Gasteiger partial charge in [0.05, 0.1) is 23.0 Å². The first-order valence-corrected chi connectivity index (χ1v) is 12.9. The molecule has 0 aliphatic rings. The van der Waals surface area contributed by atoms with E-state index in [-0.39, 0.29) is 28.2 Å². The molecule has 0 atom stereocenters. The highest BCUT2D eigenvalue weighted by atomic mass is 32.2. The SMILES string of the molecule is CCOc1ccc(NC(=O)CSCC(=O)Nc2ccc(S(=O)(=O)N(CC)CC)cc2)cc1. The zero-order valence-electron chi connectivity index (χ0n) is 18.5. The first-order chi connectivity index (χ1) is 15.3. The first kappa shape index (κ1) is 25.7. The van der Waals surface area contributed by atoms with E-state index in [0.717, 1.165) is 5.75 Å². The molecule has 174 valence electrons. The Morgan fingerprint density at radius 3 is 1.75 bits per heavy atom. The topological polar surface area (TPSA) is 105 Å². The molecule has 0 aromatic heterocycles. The number of hydrogen-bond acceptors (Lipinski definition) is 6. The highest BCUT2D eigenvalue weighted by Crippen LogP contribution is 2.19. The Bertz CT molecular complexity index is 989. The van der Waals surface area contributed by atoms with Gasteiger partial charge in [-0.25, -0.2) is 8.42 Å². The molecule has 0 heterocycles. The number of benzene rings is 2. The van der Waals surface area contributed by atoms with E-state index in [1.165, 1.54) is 28.2 Å². The molecule has 2 amide bonds.